The van der Waals surface area contributed by atoms with Gasteiger partial charge in [0, 0.05) is 19.0 Å². The van der Waals surface area contributed by atoms with E-state index < -0.39 is 0 Å². The topological polar surface area (TPSA) is 43.8 Å². The van der Waals surface area contributed by atoms with E-state index in [1.807, 2.05) is 0 Å². The number of imidazole rings is 1. The van der Waals surface area contributed by atoms with Crippen molar-refractivity contribution in [3.63, 3.8) is 0 Å². The zero-order valence-corrected chi connectivity index (χ0v) is 12.5. The Bertz CT molecular complexity index is 609. The molecule has 0 saturated heterocycles. The molecule has 2 rings (SSSR count). The van der Waals surface area contributed by atoms with Gasteiger partial charge in [-0.2, -0.15) is 0 Å². The number of benzene rings is 1. The van der Waals surface area contributed by atoms with E-state index in [-0.39, 0.29) is 0 Å². The fourth-order valence-corrected chi connectivity index (χ4v) is 2.64. The molecular formula is C16H23N3. The van der Waals surface area contributed by atoms with E-state index in [1.54, 1.807) is 0 Å². The van der Waals surface area contributed by atoms with Crippen molar-refractivity contribution in [1.29, 1.82) is 0 Å². The van der Waals surface area contributed by atoms with Crippen LogP contribution in [0.15, 0.2) is 12.1 Å². The molecule has 1 heterocycles. The van der Waals surface area contributed by atoms with E-state index in [9.17, 15) is 0 Å². The van der Waals surface area contributed by atoms with Gasteiger partial charge in [0.15, 0.2) is 0 Å². The van der Waals surface area contributed by atoms with Crippen LogP contribution in [0.3, 0.4) is 0 Å². The van der Waals surface area contributed by atoms with Gasteiger partial charge in [0.05, 0.1) is 11.4 Å². The first kappa shape index (κ1) is 13.8. The maximum atomic E-state index is 5.65. The summed E-state index contributed by atoms with van der Waals surface area (Å²) in [6, 6.07) is 4.51. The third kappa shape index (κ3) is 2.43. The molecule has 19 heavy (non-hydrogen) atoms. The van der Waals surface area contributed by atoms with Crippen molar-refractivity contribution >= 4 is 0 Å². The molecule has 2 N–H and O–H groups in total. The number of aryl methyl sites for hydroxylation is 4. The summed E-state index contributed by atoms with van der Waals surface area (Å²) in [4.78, 5) is 4.65. The molecule has 3 heteroatoms. The Morgan fingerprint density at radius 3 is 2.32 bits per heavy atom. The molecule has 0 aliphatic heterocycles. The smallest absolute Gasteiger partial charge is 0.110 e. The van der Waals surface area contributed by atoms with Crippen molar-refractivity contribution in [2.75, 3.05) is 6.54 Å². The highest BCUT2D eigenvalue weighted by molar-refractivity contribution is 5.68. The van der Waals surface area contributed by atoms with Crippen LogP contribution in [0, 0.1) is 27.7 Å². The summed E-state index contributed by atoms with van der Waals surface area (Å²) in [6.07, 6.45) is 0.821. The van der Waals surface area contributed by atoms with Crippen molar-refractivity contribution in [2.24, 2.45) is 12.8 Å². The molecule has 0 unspecified atom stereocenters. The molecule has 0 spiro atoms. The summed E-state index contributed by atoms with van der Waals surface area (Å²) >= 11 is 0. The normalized spacial score (nSPS) is 11.1. The van der Waals surface area contributed by atoms with Crippen LogP contribution in [0.4, 0.5) is 0 Å². The fraction of sp³-hybridized carbons (Fsp3) is 0.438. The number of nitrogens with two attached hydrogens (primary N) is 1. The minimum Gasteiger partial charge on any atom is -0.331 e. The second-order valence-electron chi connectivity index (χ2n) is 5.31. The van der Waals surface area contributed by atoms with Crippen molar-refractivity contribution in [2.45, 2.75) is 34.1 Å². The van der Waals surface area contributed by atoms with Gasteiger partial charge in [0.25, 0.3) is 0 Å². The molecule has 0 amide bonds. The van der Waals surface area contributed by atoms with Crippen LogP contribution in [0.2, 0.25) is 0 Å². The Morgan fingerprint density at radius 2 is 1.68 bits per heavy atom. The summed E-state index contributed by atoms with van der Waals surface area (Å²) in [6.45, 7) is 9.18. The second kappa shape index (κ2) is 5.17. The fourth-order valence-electron chi connectivity index (χ4n) is 2.64. The Kier molecular flexibility index (Phi) is 3.76. The van der Waals surface area contributed by atoms with Crippen LogP contribution in [0.1, 0.15) is 28.2 Å². The second-order valence-corrected chi connectivity index (χ2v) is 5.31. The summed E-state index contributed by atoms with van der Waals surface area (Å²) < 4.78 is 2.18. The van der Waals surface area contributed by atoms with Crippen LogP contribution in [-0.4, -0.2) is 16.1 Å². The van der Waals surface area contributed by atoms with Gasteiger partial charge in [-0.15, -0.1) is 0 Å². The highest BCUT2D eigenvalue weighted by Crippen LogP contribution is 2.29. The quantitative estimate of drug-likeness (QED) is 0.919. The van der Waals surface area contributed by atoms with Crippen LogP contribution in [0.5, 0.6) is 0 Å². The molecule has 102 valence electrons. The van der Waals surface area contributed by atoms with Gasteiger partial charge in [-0.05, 0) is 57.0 Å². The Balaban J connectivity index is 2.62. The van der Waals surface area contributed by atoms with Gasteiger partial charge in [-0.25, -0.2) is 4.98 Å². The van der Waals surface area contributed by atoms with Gasteiger partial charge in [0.1, 0.15) is 5.82 Å². The highest BCUT2D eigenvalue weighted by atomic mass is 15.1. The zero-order valence-electron chi connectivity index (χ0n) is 12.5. The number of nitrogens with zero attached hydrogens (tertiary/aromatic N) is 2. The minimum absolute atomic E-state index is 0.635. The average molecular weight is 257 g/mol. The van der Waals surface area contributed by atoms with Gasteiger partial charge in [-0.1, -0.05) is 6.07 Å². The largest absolute Gasteiger partial charge is 0.331 e. The molecule has 1 aromatic heterocycles. The number of aromatic nitrogens is 2. The molecular weight excluding hydrogens is 234 g/mol. The Labute approximate surface area is 115 Å². The minimum atomic E-state index is 0.635. The summed E-state index contributed by atoms with van der Waals surface area (Å²) in [5, 5.41) is 0. The summed E-state index contributed by atoms with van der Waals surface area (Å²) in [7, 11) is 2.08. The average Bonchev–Trinajstić information content (AvgIpc) is 2.61. The molecule has 0 bridgehead atoms. The van der Waals surface area contributed by atoms with Crippen LogP contribution >= 0.6 is 0 Å². The monoisotopic (exact) mass is 257 g/mol. The van der Waals surface area contributed by atoms with Crippen molar-refractivity contribution in [3.8, 4) is 11.3 Å². The standard InChI is InChI=1S/C16H23N3/c1-10-8-12(3)14(9-11(10)2)16-13(4)18-15(6-7-17)19(16)5/h8-9H,6-7,17H2,1-5H3. The first-order chi connectivity index (χ1) is 8.95. The van der Waals surface area contributed by atoms with E-state index in [1.165, 1.54) is 27.9 Å². The predicted molar refractivity (Wildman–Crippen MR) is 80.4 cm³/mol. The lowest BCUT2D eigenvalue weighted by atomic mass is 9.98. The summed E-state index contributed by atoms with van der Waals surface area (Å²) in [5.74, 6) is 1.06. The van der Waals surface area contributed by atoms with Gasteiger partial charge in [0.2, 0.25) is 0 Å². The van der Waals surface area contributed by atoms with E-state index >= 15 is 0 Å². The van der Waals surface area contributed by atoms with Crippen LogP contribution in [-0.2, 0) is 13.5 Å². The molecule has 1 aromatic carbocycles. The Morgan fingerprint density at radius 1 is 1.05 bits per heavy atom. The third-order valence-corrected chi connectivity index (χ3v) is 3.83. The summed E-state index contributed by atoms with van der Waals surface area (Å²) in [5.41, 5.74) is 13.2. The number of rotatable bonds is 3. The highest BCUT2D eigenvalue weighted by Gasteiger charge is 2.15. The first-order valence-corrected chi connectivity index (χ1v) is 6.76. The molecule has 2 aromatic rings. The van der Waals surface area contributed by atoms with Gasteiger partial charge >= 0.3 is 0 Å². The van der Waals surface area contributed by atoms with Crippen molar-refractivity contribution in [1.82, 2.24) is 9.55 Å². The lowest BCUT2D eigenvalue weighted by Gasteiger charge is -2.12. The third-order valence-electron chi connectivity index (χ3n) is 3.83. The lowest BCUT2D eigenvalue weighted by Crippen LogP contribution is -2.08. The van der Waals surface area contributed by atoms with Crippen LogP contribution < -0.4 is 5.73 Å². The number of hydrogen-bond acceptors (Lipinski definition) is 2. The molecule has 0 aliphatic carbocycles. The molecule has 0 aliphatic rings. The zero-order chi connectivity index (χ0) is 14.2. The lowest BCUT2D eigenvalue weighted by molar-refractivity contribution is 0.781. The van der Waals surface area contributed by atoms with E-state index in [2.05, 4.69) is 56.4 Å². The van der Waals surface area contributed by atoms with E-state index in [4.69, 9.17) is 5.73 Å². The Hall–Kier alpha value is -1.61. The molecule has 3 nitrogen and oxygen atoms in total. The molecule has 0 fully saturated rings. The molecule has 0 atom stereocenters. The molecule has 0 radical (unpaired) electrons. The predicted octanol–water partition coefficient (Wildman–Crippen LogP) is 2.82. The number of hydrogen-bond donors (Lipinski definition) is 1. The first-order valence-electron chi connectivity index (χ1n) is 6.76. The van der Waals surface area contributed by atoms with Crippen molar-refractivity contribution in [3.05, 3.63) is 40.3 Å². The maximum absolute atomic E-state index is 5.65. The van der Waals surface area contributed by atoms with E-state index in [0.29, 0.717) is 6.54 Å². The van der Waals surface area contributed by atoms with Crippen LogP contribution in [0.25, 0.3) is 11.3 Å². The molecule has 0 saturated carbocycles. The van der Waals surface area contributed by atoms with Crippen molar-refractivity contribution < 1.29 is 0 Å². The SMILES string of the molecule is Cc1cc(C)c(-c2c(C)nc(CCN)n2C)cc1C. The van der Waals surface area contributed by atoms with Gasteiger partial charge in [-0.3, -0.25) is 0 Å². The van der Waals surface area contributed by atoms with E-state index in [0.717, 1.165) is 17.9 Å². The maximum Gasteiger partial charge on any atom is 0.110 e. The van der Waals surface area contributed by atoms with Gasteiger partial charge < -0.3 is 10.3 Å².